The second kappa shape index (κ2) is 7.13. The molecule has 4 nitrogen and oxygen atoms in total. The highest BCUT2D eigenvalue weighted by Gasteiger charge is 2.22. The highest BCUT2D eigenvalue weighted by atomic mass is 79.9. The van der Waals surface area contributed by atoms with E-state index in [4.69, 9.17) is 0 Å². The molecular formula is C16H14BrNO3. The predicted octanol–water partition coefficient (Wildman–Crippen LogP) is 4.08. The van der Waals surface area contributed by atoms with Crippen LogP contribution < -0.4 is 0 Å². The number of carbonyl (C=O) groups excluding carboxylic acids is 1. The van der Waals surface area contributed by atoms with Crippen LogP contribution in [0.25, 0.3) is 0 Å². The third-order valence-corrected chi connectivity index (χ3v) is 3.71. The third-order valence-electron chi connectivity index (χ3n) is 3.22. The zero-order chi connectivity index (χ0) is 15.2. The number of halogens is 1. The minimum atomic E-state index is -0.410. The Morgan fingerprint density at radius 1 is 1.14 bits per heavy atom. The topological polar surface area (TPSA) is 60.2 Å². The Kier molecular flexibility index (Phi) is 5.22. The largest absolute Gasteiger partial charge is 0.294 e. The molecule has 0 amide bonds. The number of ketones is 1. The Labute approximate surface area is 131 Å². The summed E-state index contributed by atoms with van der Waals surface area (Å²) in [6, 6.07) is 16.2. The molecule has 0 N–H and O–H groups in total. The average molecular weight is 348 g/mol. The van der Waals surface area contributed by atoms with Crippen LogP contribution in [0.15, 0.2) is 59.1 Å². The Hall–Kier alpha value is -2.01. The number of nitro groups is 1. The maximum Gasteiger partial charge on any atom is 0.211 e. The molecule has 0 spiro atoms. The number of nitrogens with zero attached hydrogens (tertiary/aromatic N) is 1. The van der Waals surface area contributed by atoms with Crippen LogP contribution in [0.4, 0.5) is 0 Å². The van der Waals surface area contributed by atoms with E-state index >= 15 is 0 Å². The molecule has 5 heteroatoms. The smallest absolute Gasteiger partial charge is 0.211 e. The molecule has 0 bridgehead atoms. The highest BCUT2D eigenvalue weighted by Crippen LogP contribution is 2.23. The number of Topliss-reactive ketones (excluding diaryl/α,β-unsaturated/α-hetero) is 1. The third kappa shape index (κ3) is 4.49. The molecule has 1 atom stereocenters. The lowest BCUT2D eigenvalue weighted by atomic mass is 9.91. The molecule has 2 aromatic carbocycles. The van der Waals surface area contributed by atoms with Gasteiger partial charge in [0.1, 0.15) is 0 Å². The van der Waals surface area contributed by atoms with Gasteiger partial charge in [-0.3, -0.25) is 14.9 Å². The van der Waals surface area contributed by atoms with E-state index < -0.39 is 5.92 Å². The van der Waals surface area contributed by atoms with Crippen molar-refractivity contribution < 1.29 is 9.72 Å². The zero-order valence-electron chi connectivity index (χ0n) is 11.2. The van der Waals surface area contributed by atoms with Gasteiger partial charge >= 0.3 is 0 Å². The van der Waals surface area contributed by atoms with Gasteiger partial charge in [-0.05, 0) is 17.7 Å². The van der Waals surface area contributed by atoms with E-state index in [1.54, 1.807) is 18.2 Å². The molecule has 21 heavy (non-hydrogen) atoms. The molecule has 0 radical (unpaired) electrons. The van der Waals surface area contributed by atoms with Crippen molar-refractivity contribution in [2.45, 2.75) is 12.3 Å². The molecule has 2 rings (SSSR count). The van der Waals surface area contributed by atoms with Crippen molar-refractivity contribution in [2.75, 3.05) is 6.54 Å². The molecule has 0 fully saturated rings. The molecule has 0 heterocycles. The first-order chi connectivity index (χ1) is 10.1. The van der Waals surface area contributed by atoms with E-state index in [0.29, 0.717) is 5.56 Å². The molecule has 0 aliphatic carbocycles. The van der Waals surface area contributed by atoms with Gasteiger partial charge in [0.05, 0.1) is 5.92 Å². The van der Waals surface area contributed by atoms with Gasteiger partial charge in [0, 0.05) is 21.4 Å². The first-order valence-electron chi connectivity index (χ1n) is 6.52. The number of hydrogen-bond donors (Lipinski definition) is 0. The molecule has 0 saturated carbocycles. The maximum atomic E-state index is 12.3. The number of hydrogen-bond acceptors (Lipinski definition) is 3. The lowest BCUT2D eigenvalue weighted by molar-refractivity contribution is -0.483. The molecule has 0 aromatic heterocycles. The van der Waals surface area contributed by atoms with E-state index in [1.165, 1.54) is 0 Å². The lowest BCUT2D eigenvalue weighted by Gasteiger charge is -2.12. The first-order valence-corrected chi connectivity index (χ1v) is 7.31. The van der Waals surface area contributed by atoms with Crippen molar-refractivity contribution in [3.63, 3.8) is 0 Å². The van der Waals surface area contributed by atoms with Crippen molar-refractivity contribution >= 4 is 21.7 Å². The van der Waals surface area contributed by atoms with E-state index in [2.05, 4.69) is 15.9 Å². The molecule has 0 saturated heterocycles. The highest BCUT2D eigenvalue weighted by molar-refractivity contribution is 9.10. The fourth-order valence-electron chi connectivity index (χ4n) is 2.20. The Bertz CT molecular complexity index is 643. The van der Waals surface area contributed by atoms with Gasteiger partial charge in [0.25, 0.3) is 0 Å². The maximum absolute atomic E-state index is 12.3. The summed E-state index contributed by atoms with van der Waals surface area (Å²) < 4.78 is 0.818. The van der Waals surface area contributed by atoms with E-state index in [1.807, 2.05) is 36.4 Å². The Morgan fingerprint density at radius 3 is 2.48 bits per heavy atom. The van der Waals surface area contributed by atoms with Gasteiger partial charge in [0.2, 0.25) is 6.54 Å². The van der Waals surface area contributed by atoms with Crippen LogP contribution in [-0.4, -0.2) is 17.3 Å². The van der Waals surface area contributed by atoms with Crippen molar-refractivity contribution in [1.29, 1.82) is 0 Å². The minimum absolute atomic E-state index is 0.0907. The Morgan fingerprint density at radius 2 is 1.86 bits per heavy atom. The SMILES string of the molecule is O=C(CC(C[N+](=O)[O-])c1ccccc1)c1cccc(Br)c1. The molecule has 2 aromatic rings. The summed E-state index contributed by atoms with van der Waals surface area (Å²) >= 11 is 3.32. The Balaban J connectivity index is 2.19. The molecule has 0 aliphatic rings. The van der Waals surface area contributed by atoms with E-state index in [9.17, 15) is 14.9 Å². The van der Waals surface area contributed by atoms with Gasteiger partial charge in [-0.2, -0.15) is 0 Å². The summed E-state index contributed by atoms with van der Waals surface area (Å²) in [5.41, 5.74) is 1.38. The van der Waals surface area contributed by atoms with Gasteiger partial charge in [-0.25, -0.2) is 0 Å². The lowest BCUT2D eigenvalue weighted by Crippen LogP contribution is -2.16. The summed E-state index contributed by atoms with van der Waals surface area (Å²) in [6.45, 7) is -0.246. The molecular weight excluding hydrogens is 334 g/mol. The summed E-state index contributed by atoms with van der Waals surface area (Å²) in [5, 5.41) is 10.8. The number of benzene rings is 2. The van der Waals surface area contributed by atoms with Gasteiger partial charge in [-0.15, -0.1) is 0 Å². The van der Waals surface area contributed by atoms with Crippen LogP contribution in [0.5, 0.6) is 0 Å². The fraction of sp³-hybridized carbons (Fsp3) is 0.188. The second-order valence-corrected chi connectivity index (χ2v) is 5.68. The van der Waals surface area contributed by atoms with Crippen LogP contribution in [0.1, 0.15) is 28.3 Å². The number of rotatable bonds is 6. The van der Waals surface area contributed by atoms with Gasteiger partial charge < -0.3 is 0 Å². The summed E-state index contributed by atoms with van der Waals surface area (Å²) in [7, 11) is 0. The van der Waals surface area contributed by atoms with Crippen LogP contribution in [0, 0.1) is 10.1 Å². The monoisotopic (exact) mass is 347 g/mol. The minimum Gasteiger partial charge on any atom is -0.294 e. The normalized spacial score (nSPS) is 11.9. The second-order valence-electron chi connectivity index (χ2n) is 4.76. The van der Waals surface area contributed by atoms with Crippen molar-refractivity contribution in [3.05, 3.63) is 80.3 Å². The first kappa shape index (κ1) is 15.4. The van der Waals surface area contributed by atoms with Crippen LogP contribution in [0.3, 0.4) is 0 Å². The standard InChI is InChI=1S/C16H14BrNO3/c17-15-8-4-7-13(9-15)16(19)10-14(11-18(20)21)12-5-2-1-3-6-12/h1-9,14H,10-11H2. The zero-order valence-corrected chi connectivity index (χ0v) is 12.8. The molecule has 0 aliphatic heterocycles. The van der Waals surface area contributed by atoms with E-state index in [0.717, 1.165) is 10.0 Å². The quantitative estimate of drug-likeness (QED) is 0.449. The van der Waals surface area contributed by atoms with Crippen LogP contribution in [0.2, 0.25) is 0 Å². The van der Waals surface area contributed by atoms with Crippen LogP contribution >= 0.6 is 15.9 Å². The fourth-order valence-corrected chi connectivity index (χ4v) is 2.60. The van der Waals surface area contributed by atoms with Gasteiger partial charge in [-0.1, -0.05) is 58.4 Å². The van der Waals surface area contributed by atoms with Crippen molar-refractivity contribution in [1.82, 2.24) is 0 Å². The molecule has 108 valence electrons. The van der Waals surface area contributed by atoms with Gasteiger partial charge in [0.15, 0.2) is 5.78 Å². The molecule has 1 unspecified atom stereocenters. The number of carbonyl (C=O) groups is 1. The average Bonchev–Trinajstić information content (AvgIpc) is 2.47. The summed E-state index contributed by atoms with van der Waals surface area (Å²) in [5.74, 6) is -0.500. The van der Waals surface area contributed by atoms with Crippen molar-refractivity contribution in [3.8, 4) is 0 Å². The van der Waals surface area contributed by atoms with Crippen LogP contribution in [-0.2, 0) is 0 Å². The van der Waals surface area contributed by atoms with E-state index in [-0.39, 0.29) is 23.7 Å². The predicted molar refractivity (Wildman–Crippen MR) is 84.1 cm³/mol. The summed E-state index contributed by atoms with van der Waals surface area (Å²) in [4.78, 5) is 22.8. The van der Waals surface area contributed by atoms with Crippen molar-refractivity contribution in [2.24, 2.45) is 0 Å². The summed E-state index contributed by atoms with van der Waals surface area (Å²) in [6.07, 6.45) is 0.126.